The van der Waals surface area contributed by atoms with Crippen molar-refractivity contribution in [3.8, 4) is 0 Å². The zero-order chi connectivity index (χ0) is 8.01. The van der Waals surface area contributed by atoms with Crippen LogP contribution in [0, 0.1) is 0 Å². The van der Waals surface area contributed by atoms with Gasteiger partial charge in [-0.3, -0.25) is 0 Å². The molecule has 3 unspecified atom stereocenters. The van der Waals surface area contributed by atoms with Gasteiger partial charge in [-0.15, -0.1) is 0 Å². The molecule has 3 atom stereocenters. The van der Waals surface area contributed by atoms with E-state index in [4.69, 9.17) is 5.11 Å². The minimum Gasteiger partial charge on any atom is -0.465 e. The Morgan fingerprint density at radius 2 is 2.45 bits per heavy atom. The zero-order valence-electron chi connectivity index (χ0n) is 6.45. The van der Waals surface area contributed by atoms with Gasteiger partial charge in [0.15, 0.2) is 0 Å². The van der Waals surface area contributed by atoms with Crippen LogP contribution >= 0.6 is 0 Å². The first-order chi connectivity index (χ1) is 5.18. The summed E-state index contributed by atoms with van der Waals surface area (Å²) in [5, 5.41) is 12.1. The predicted octanol–water partition coefficient (Wildman–Crippen LogP) is 0.0990. The third kappa shape index (κ3) is 0.894. The number of hydrogen-bond donors (Lipinski definition) is 2. The van der Waals surface area contributed by atoms with Crippen LogP contribution in [0.15, 0.2) is 0 Å². The second-order valence-electron chi connectivity index (χ2n) is 3.39. The van der Waals surface area contributed by atoms with E-state index in [1.807, 2.05) is 6.92 Å². The molecule has 2 saturated heterocycles. The highest BCUT2D eigenvalue weighted by Gasteiger charge is 2.44. The van der Waals surface area contributed by atoms with Crippen molar-refractivity contribution in [3.63, 3.8) is 0 Å². The van der Waals surface area contributed by atoms with Crippen LogP contribution in [0.2, 0.25) is 0 Å². The predicted molar refractivity (Wildman–Crippen MR) is 39.5 cm³/mol. The molecule has 2 bridgehead atoms. The summed E-state index contributed by atoms with van der Waals surface area (Å²) in [4.78, 5) is 12.2. The van der Waals surface area contributed by atoms with Crippen LogP contribution in [-0.2, 0) is 0 Å². The quantitative estimate of drug-likeness (QED) is 0.523. The second-order valence-corrected chi connectivity index (χ2v) is 3.39. The fourth-order valence-electron chi connectivity index (χ4n) is 2.16. The van der Waals surface area contributed by atoms with Crippen molar-refractivity contribution >= 4 is 6.09 Å². The highest BCUT2D eigenvalue weighted by molar-refractivity contribution is 5.66. The summed E-state index contributed by atoms with van der Waals surface area (Å²) in [5.41, 5.74) is 0. The minimum atomic E-state index is -0.772. The van der Waals surface area contributed by atoms with E-state index in [2.05, 4.69) is 5.32 Å². The molecule has 11 heavy (non-hydrogen) atoms. The van der Waals surface area contributed by atoms with E-state index in [0.717, 1.165) is 6.42 Å². The number of nitrogens with zero attached hydrogens (tertiary/aromatic N) is 1. The largest absolute Gasteiger partial charge is 0.465 e. The average molecular weight is 156 g/mol. The van der Waals surface area contributed by atoms with Crippen LogP contribution < -0.4 is 5.32 Å². The number of hydrogen-bond acceptors (Lipinski definition) is 2. The lowest BCUT2D eigenvalue weighted by atomic mass is 10.1. The number of nitrogens with one attached hydrogen (secondary N) is 1. The average Bonchev–Trinajstić information content (AvgIpc) is 2.43. The molecule has 0 aromatic heterocycles. The lowest BCUT2D eigenvalue weighted by Gasteiger charge is -2.29. The summed E-state index contributed by atoms with van der Waals surface area (Å²) in [6.07, 6.45) is 0.221. The van der Waals surface area contributed by atoms with Crippen molar-refractivity contribution in [2.75, 3.05) is 6.54 Å². The smallest absolute Gasteiger partial charge is 0.407 e. The van der Waals surface area contributed by atoms with Gasteiger partial charge in [-0.05, 0) is 13.3 Å². The fourth-order valence-corrected chi connectivity index (χ4v) is 2.16. The van der Waals surface area contributed by atoms with Crippen molar-refractivity contribution in [2.45, 2.75) is 31.5 Å². The van der Waals surface area contributed by atoms with Crippen molar-refractivity contribution in [1.29, 1.82) is 0 Å². The Balaban J connectivity index is 2.12. The van der Waals surface area contributed by atoms with Gasteiger partial charge in [0, 0.05) is 18.6 Å². The van der Waals surface area contributed by atoms with Gasteiger partial charge >= 0.3 is 6.09 Å². The molecule has 4 heteroatoms. The van der Waals surface area contributed by atoms with Gasteiger partial charge in [-0.25, -0.2) is 4.79 Å². The summed E-state index contributed by atoms with van der Waals surface area (Å²) >= 11 is 0. The lowest BCUT2D eigenvalue weighted by Crippen LogP contribution is -2.51. The maximum Gasteiger partial charge on any atom is 0.407 e. The molecule has 2 rings (SSSR count). The van der Waals surface area contributed by atoms with E-state index in [-0.39, 0.29) is 6.04 Å². The summed E-state index contributed by atoms with van der Waals surface area (Å²) in [6, 6.07) is 0.966. The molecular formula is C7H12N2O2. The Bertz CT molecular complexity index is 195. The van der Waals surface area contributed by atoms with Gasteiger partial charge in [0.1, 0.15) is 0 Å². The number of carbonyl (C=O) groups is 1. The molecule has 0 saturated carbocycles. The van der Waals surface area contributed by atoms with Gasteiger partial charge < -0.3 is 15.3 Å². The molecule has 0 aromatic carbocycles. The van der Waals surface area contributed by atoms with Crippen LogP contribution in [0.3, 0.4) is 0 Å². The SMILES string of the molecule is CC1NC2CC1N(C(=O)O)C2. The molecule has 0 radical (unpaired) electrons. The Morgan fingerprint density at radius 1 is 1.73 bits per heavy atom. The van der Waals surface area contributed by atoms with Gasteiger partial charge in [0.25, 0.3) is 0 Å². The first-order valence-electron chi connectivity index (χ1n) is 3.94. The van der Waals surface area contributed by atoms with Crippen LogP contribution in [0.4, 0.5) is 4.79 Å². The Kier molecular flexibility index (Phi) is 1.32. The highest BCUT2D eigenvalue weighted by atomic mass is 16.4. The van der Waals surface area contributed by atoms with Crippen LogP contribution in [-0.4, -0.2) is 40.8 Å². The first kappa shape index (κ1) is 6.91. The van der Waals surface area contributed by atoms with E-state index in [1.165, 1.54) is 0 Å². The third-order valence-corrected chi connectivity index (χ3v) is 2.66. The summed E-state index contributed by atoms with van der Waals surface area (Å²) in [5.74, 6) is 0. The molecule has 2 heterocycles. The highest BCUT2D eigenvalue weighted by Crippen LogP contribution is 2.27. The molecule has 2 fully saturated rings. The molecule has 4 nitrogen and oxygen atoms in total. The Hall–Kier alpha value is -0.770. The van der Waals surface area contributed by atoms with Crippen molar-refractivity contribution in [2.24, 2.45) is 0 Å². The number of carboxylic acid groups (broad SMARTS) is 1. The van der Waals surface area contributed by atoms with E-state index in [9.17, 15) is 4.79 Å². The van der Waals surface area contributed by atoms with Crippen LogP contribution in [0.5, 0.6) is 0 Å². The fraction of sp³-hybridized carbons (Fsp3) is 0.857. The van der Waals surface area contributed by atoms with Crippen molar-refractivity contribution < 1.29 is 9.90 Å². The van der Waals surface area contributed by atoms with E-state index < -0.39 is 6.09 Å². The van der Waals surface area contributed by atoms with Gasteiger partial charge in [-0.2, -0.15) is 0 Å². The monoisotopic (exact) mass is 156 g/mol. The van der Waals surface area contributed by atoms with Crippen molar-refractivity contribution in [1.82, 2.24) is 10.2 Å². The second kappa shape index (κ2) is 2.11. The van der Waals surface area contributed by atoms with Crippen molar-refractivity contribution in [3.05, 3.63) is 0 Å². The Morgan fingerprint density at radius 3 is 2.82 bits per heavy atom. The molecule has 1 amide bonds. The number of piperazine rings is 1. The molecule has 2 aliphatic rings. The maximum absolute atomic E-state index is 10.6. The summed E-state index contributed by atoms with van der Waals surface area (Å²) in [7, 11) is 0. The van der Waals surface area contributed by atoms with E-state index in [0.29, 0.717) is 18.6 Å². The number of fused-ring (bicyclic) bond motifs is 2. The van der Waals surface area contributed by atoms with Gasteiger partial charge in [0.2, 0.25) is 0 Å². The number of amides is 1. The molecule has 2 N–H and O–H groups in total. The van der Waals surface area contributed by atoms with Crippen LogP contribution in [0.25, 0.3) is 0 Å². The maximum atomic E-state index is 10.6. The number of likely N-dealkylation sites (tertiary alicyclic amines) is 1. The topological polar surface area (TPSA) is 52.6 Å². The molecule has 2 aliphatic heterocycles. The molecule has 0 aliphatic carbocycles. The van der Waals surface area contributed by atoms with Gasteiger partial charge in [-0.1, -0.05) is 0 Å². The molecule has 0 spiro atoms. The zero-order valence-corrected chi connectivity index (χ0v) is 6.45. The third-order valence-electron chi connectivity index (χ3n) is 2.66. The first-order valence-corrected chi connectivity index (χ1v) is 3.94. The Labute approximate surface area is 65.2 Å². The summed E-state index contributed by atoms with van der Waals surface area (Å²) < 4.78 is 0. The van der Waals surface area contributed by atoms with Gasteiger partial charge in [0.05, 0.1) is 6.04 Å². The molecule has 0 aromatic rings. The standard InChI is InChI=1S/C7H12N2O2/c1-4-6-2-5(8-4)3-9(6)7(10)11/h4-6,8H,2-3H2,1H3,(H,10,11). The summed E-state index contributed by atoms with van der Waals surface area (Å²) in [6.45, 7) is 2.71. The van der Waals surface area contributed by atoms with Crippen LogP contribution in [0.1, 0.15) is 13.3 Å². The van der Waals surface area contributed by atoms with E-state index in [1.54, 1.807) is 4.90 Å². The normalized spacial score (nSPS) is 41.5. The number of rotatable bonds is 0. The molecular weight excluding hydrogens is 144 g/mol. The lowest BCUT2D eigenvalue weighted by molar-refractivity contribution is 0.124. The minimum absolute atomic E-state index is 0.220. The molecule has 62 valence electrons. The van der Waals surface area contributed by atoms with E-state index >= 15 is 0 Å².